The Kier molecular flexibility index (Phi) is 14.4. The minimum Gasteiger partial charge on any atom is -0.598 e. The molecule has 0 aliphatic heterocycles. The monoisotopic (exact) mass is 795 g/mol. The highest BCUT2D eigenvalue weighted by atomic mass is 32.2. The van der Waals surface area contributed by atoms with Gasteiger partial charge in [0.05, 0.1) is 53.4 Å². The van der Waals surface area contributed by atoms with Gasteiger partial charge in [0.25, 0.3) is 0 Å². The van der Waals surface area contributed by atoms with Crippen molar-refractivity contribution in [3.8, 4) is 22.8 Å². The van der Waals surface area contributed by atoms with Crippen molar-refractivity contribution in [1.82, 2.24) is 24.5 Å². The molecule has 1 unspecified atom stereocenters. The molecule has 1 aromatic carbocycles. The van der Waals surface area contributed by atoms with Crippen LogP contribution in [0.4, 0.5) is 0 Å². The Morgan fingerprint density at radius 2 is 1.50 bits per heavy atom. The van der Waals surface area contributed by atoms with E-state index >= 15 is 0 Å². The summed E-state index contributed by atoms with van der Waals surface area (Å²) >= 11 is -1.29. The third-order valence-corrected chi connectivity index (χ3v) is 21.4. The molecular formula is C41H65N5O5SSi2. The SMILES string of the molecule is COCCOc1cc(-c2cccc([C@H](CCCO[Si](C)(C)C(C)(C)C)N[S+]([O-])C(C)(C)C)n2)cc2c1cnn2-c1cccc(CO[Si](C)(C)C(C)(C)C)n1. The molecule has 2 atom stereocenters. The predicted octanol–water partition coefficient (Wildman–Crippen LogP) is 9.92. The van der Waals surface area contributed by atoms with Gasteiger partial charge < -0.3 is 22.9 Å². The average molecular weight is 796 g/mol. The normalized spacial score (nSPS) is 14.4. The maximum atomic E-state index is 13.4. The van der Waals surface area contributed by atoms with Crippen molar-refractivity contribution in [2.45, 2.75) is 129 Å². The molecule has 298 valence electrons. The van der Waals surface area contributed by atoms with Gasteiger partial charge in [0.15, 0.2) is 22.5 Å². The van der Waals surface area contributed by atoms with Gasteiger partial charge in [-0.25, -0.2) is 9.67 Å². The number of methoxy groups -OCH3 is 1. The molecule has 0 aliphatic rings. The summed E-state index contributed by atoms with van der Waals surface area (Å²) in [5.74, 6) is 1.37. The van der Waals surface area contributed by atoms with E-state index in [1.165, 1.54) is 0 Å². The van der Waals surface area contributed by atoms with Gasteiger partial charge in [-0.3, -0.25) is 4.98 Å². The molecule has 54 heavy (non-hydrogen) atoms. The van der Waals surface area contributed by atoms with Gasteiger partial charge in [0.1, 0.15) is 17.1 Å². The molecule has 0 saturated heterocycles. The van der Waals surface area contributed by atoms with Crippen molar-refractivity contribution in [2.75, 3.05) is 26.9 Å². The zero-order chi connectivity index (χ0) is 40.1. The Labute approximate surface area is 329 Å². The van der Waals surface area contributed by atoms with Crippen molar-refractivity contribution >= 4 is 38.9 Å². The number of fused-ring (bicyclic) bond motifs is 1. The first kappa shape index (κ1) is 44.1. The molecule has 0 amide bonds. The summed E-state index contributed by atoms with van der Waals surface area (Å²) in [5, 5.41) is 5.88. The molecule has 3 heterocycles. The van der Waals surface area contributed by atoms with Crippen LogP contribution in [0.15, 0.2) is 54.7 Å². The molecule has 0 radical (unpaired) electrons. The van der Waals surface area contributed by atoms with E-state index in [0.29, 0.717) is 38.0 Å². The second-order valence-electron chi connectivity index (χ2n) is 18.1. The lowest BCUT2D eigenvalue weighted by Gasteiger charge is -2.36. The molecule has 0 spiro atoms. The molecule has 3 aromatic heterocycles. The van der Waals surface area contributed by atoms with E-state index in [-0.39, 0.29) is 16.1 Å². The molecule has 10 nitrogen and oxygen atoms in total. The quantitative estimate of drug-likeness (QED) is 0.0634. The van der Waals surface area contributed by atoms with Crippen molar-refractivity contribution in [3.63, 3.8) is 0 Å². The smallest absolute Gasteiger partial charge is 0.192 e. The zero-order valence-electron chi connectivity index (χ0n) is 35.3. The number of hydrogen-bond acceptors (Lipinski definition) is 9. The lowest BCUT2D eigenvalue weighted by atomic mass is 10.0. The van der Waals surface area contributed by atoms with Gasteiger partial charge in [-0.1, -0.05) is 53.7 Å². The van der Waals surface area contributed by atoms with E-state index in [1.54, 1.807) is 7.11 Å². The van der Waals surface area contributed by atoms with Crippen LogP contribution in [0.3, 0.4) is 0 Å². The van der Waals surface area contributed by atoms with Crippen molar-refractivity contribution in [1.29, 1.82) is 0 Å². The van der Waals surface area contributed by atoms with Crippen LogP contribution >= 0.6 is 0 Å². The first-order chi connectivity index (χ1) is 25.0. The van der Waals surface area contributed by atoms with E-state index in [1.807, 2.05) is 74.1 Å². The molecule has 0 aliphatic carbocycles. The summed E-state index contributed by atoms with van der Waals surface area (Å²) in [5.41, 5.74) is 4.16. The van der Waals surface area contributed by atoms with Crippen LogP contribution in [0.5, 0.6) is 5.75 Å². The first-order valence-electron chi connectivity index (χ1n) is 19.1. The fraction of sp³-hybridized carbons (Fsp3) is 0.585. The van der Waals surface area contributed by atoms with Gasteiger partial charge in [0, 0.05) is 30.6 Å². The van der Waals surface area contributed by atoms with Gasteiger partial charge in [-0.2, -0.15) is 5.10 Å². The molecule has 1 N–H and O–H groups in total. The largest absolute Gasteiger partial charge is 0.598 e. The Morgan fingerprint density at radius 3 is 2.15 bits per heavy atom. The summed E-state index contributed by atoms with van der Waals surface area (Å²) in [6, 6.07) is 15.8. The topological polar surface area (TPSA) is 116 Å². The van der Waals surface area contributed by atoms with Crippen LogP contribution in [0.25, 0.3) is 28.0 Å². The fourth-order valence-corrected chi connectivity index (χ4v) is 8.01. The van der Waals surface area contributed by atoms with Gasteiger partial charge in [0.2, 0.25) is 0 Å². The number of pyridine rings is 2. The summed E-state index contributed by atoms with van der Waals surface area (Å²) in [4.78, 5) is 10.2. The number of aromatic nitrogens is 4. The molecular weight excluding hydrogens is 731 g/mol. The minimum atomic E-state index is -1.96. The van der Waals surface area contributed by atoms with Crippen LogP contribution in [0.2, 0.25) is 36.3 Å². The highest BCUT2D eigenvalue weighted by molar-refractivity contribution is 7.90. The molecule has 13 heteroatoms. The maximum Gasteiger partial charge on any atom is 0.192 e. The fourth-order valence-electron chi connectivity index (χ4n) is 5.13. The number of ether oxygens (including phenoxy) is 2. The standard InChI is InChI=1S/C41H65N5O5SSi2/c1-39(2,3)52(47)45-35(21-17-23-50-53(11,12)40(4,5)6)34-20-16-19-33(44-34)30-26-36-32(37(27-30)49-25-24-48-10)28-42-46(36)38-22-15-18-31(43-38)29-51-54(13,14)41(7,8)9/h15-16,18-20,22,26-28,35,45H,17,21,23-25,29H2,1-14H3/t35-,52?/m0/s1. The van der Waals surface area contributed by atoms with Gasteiger partial charge >= 0.3 is 0 Å². The van der Waals surface area contributed by atoms with E-state index in [4.69, 9.17) is 33.4 Å². The van der Waals surface area contributed by atoms with E-state index in [2.05, 4.69) is 78.5 Å². The molecule has 0 fully saturated rings. The van der Waals surface area contributed by atoms with E-state index in [0.717, 1.165) is 46.4 Å². The van der Waals surface area contributed by atoms with Gasteiger partial charge in [-0.05, 0) is 106 Å². The van der Waals surface area contributed by atoms with Crippen LogP contribution in [0.1, 0.15) is 92.6 Å². The zero-order valence-corrected chi connectivity index (χ0v) is 38.1. The molecule has 4 aromatic rings. The van der Waals surface area contributed by atoms with Crippen molar-refractivity contribution in [2.24, 2.45) is 0 Å². The predicted molar refractivity (Wildman–Crippen MR) is 228 cm³/mol. The summed E-state index contributed by atoms with van der Waals surface area (Å²) in [6.45, 7) is 30.4. The van der Waals surface area contributed by atoms with Gasteiger partial charge in [-0.15, -0.1) is 4.72 Å². The number of benzene rings is 1. The first-order valence-corrected chi connectivity index (χ1v) is 26.0. The minimum absolute atomic E-state index is 0.0998. The molecule has 0 saturated carbocycles. The van der Waals surface area contributed by atoms with Crippen LogP contribution < -0.4 is 9.46 Å². The van der Waals surface area contributed by atoms with E-state index in [9.17, 15) is 4.55 Å². The third-order valence-electron chi connectivity index (χ3n) is 10.7. The Morgan fingerprint density at radius 1 is 0.833 bits per heavy atom. The average Bonchev–Trinajstić information content (AvgIpc) is 3.52. The Balaban J connectivity index is 1.71. The second-order valence-corrected chi connectivity index (χ2v) is 29.7. The highest BCUT2D eigenvalue weighted by Gasteiger charge is 2.38. The number of hydrogen-bond donors (Lipinski definition) is 1. The summed E-state index contributed by atoms with van der Waals surface area (Å²) in [7, 11) is -2.19. The lowest BCUT2D eigenvalue weighted by molar-refractivity contribution is 0.147. The van der Waals surface area contributed by atoms with Crippen LogP contribution in [-0.4, -0.2) is 72.6 Å². The number of rotatable bonds is 17. The van der Waals surface area contributed by atoms with Crippen molar-refractivity contribution < 1.29 is 22.9 Å². The number of nitrogens with one attached hydrogen (secondary N) is 1. The van der Waals surface area contributed by atoms with Crippen LogP contribution in [0, 0.1) is 0 Å². The van der Waals surface area contributed by atoms with Crippen LogP contribution in [-0.2, 0) is 31.6 Å². The molecule has 0 bridgehead atoms. The lowest BCUT2D eigenvalue weighted by Crippen LogP contribution is -2.42. The maximum absolute atomic E-state index is 13.4. The Bertz CT molecular complexity index is 1830. The number of nitrogens with zero attached hydrogens (tertiary/aromatic N) is 4. The van der Waals surface area contributed by atoms with E-state index < -0.39 is 32.7 Å². The summed E-state index contributed by atoms with van der Waals surface area (Å²) < 4.78 is 42.9. The highest BCUT2D eigenvalue weighted by Crippen LogP contribution is 2.38. The summed E-state index contributed by atoms with van der Waals surface area (Å²) in [6.07, 6.45) is 3.36. The van der Waals surface area contributed by atoms with Crippen molar-refractivity contribution in [3.05, 3.63) is 66.1 Å². The Hall–Kier alpha value is -2.63. The molecule has 4 rings (SSSR count). The second kappa shape index (κ2) is 17.7. The third kappa shape index (κ3) is 11.2.